The Labute approximate surface area is 194 Å². The van der Waals surface area contributed by atoms with Gasteiger partial charge in [-0.15, -0.1) is 0 Å². The summed E-state index contributed by atoms with van der Waals surface area (Å²) in [7, 11) is 0. The lowest BCUT2D eigenvalue weighted by Crippen LogP contribution is -2.66. The Morgan fingerprint density at radius 2 is 1.82 bits per heavy atom. The van der Waals surface area contributed by atoms with Crippen molar-refractivity contribution in [2.24, 2.45) is 35.5 Å². The summed E-state index contributed by atoms with van der Waals surface area (Å²) >= 11 is 0. The molecule has 180 valence electrons. The number of hydrogen-bond acceptors (Lipinski definition) is 7. The van der Waals surface area contributed by atoms with Crippen LogP contribution < -0.4 is 0 Å². The Morgan fingerprint density at radius 1 is 1.03 bits per heavy atom. The molecular weight excluding hydrogens is 424 g/mol. The van der Waals surface area contributed by atoms with E-state index in [0.717, 1.165) is 5.56 Å². The van der Waals surface area contributed by atoms with E-state index in [-0.39, 0.29) is 54.4 Å². The SMILES string of the molecule is CC1C2OCC3C(O2)C1C3OC1(O)CC1C1C(OCc2ccccc2)C2COC(C)(C)OC21. The molecule has 0 aromatic heterocycles. The van der Waals surface area contributed by atoms with E-state index in [2.05, 4.69) is 19.1 Å². The van der Waals surface area contributed by atoms with Crippen LogP contribution in [0.3, 0.4) is 0 Å². The van der Waals surface area contributed by atoms with Crippen LogP contribution in [0.2, 0.25) is 0 Å². The molecule has 3 saturated carbocycles. The third-order valence-electron chi connectivity index (χ3n) is 9.05. The van der Waals surface area contributed by atoms with Gasteiger partial charge in [0.15, 0.2) is 17.9 Å². The Morgan fingerprint density at radius 3 is 2.64 bits per heavy atom. The average molecular weight is 459 g/mol. The lowest BCUT2D eigenvalue weighted by atomic mass is 9.65. The van der Waals surface area contributed by atoms with Gasteiger partial charge in [0.05, 0.1) is 44.2 Å². The predicted octanol–water partition coefficient (Wildman–Crippen LogP) is 2.70. The summed E-state index contributed by atoms with van der Waals surface area (Å²) in [6.07, 6.45) is 0.723. The second-order valence-corrected chi connectivity index (χ2v) is 11.4. The Bertz CT molecular complexity index is 905. The zero-order chi connectivity index (χ0) is 22.5. The van der Waals surface area contributed by atoms with Gasteiger partial charge in [-0.05, 0) is 19.4 Å². The molecule has 6 aliphatic rings. The Balaban J connectivity index is 1.07. The molecule has 3 saturated heterocycles. The minimum Gasteiger partial charge on any atom is -0.373 e. The molecule has 0 spiro atoms. The summed E-state index contributed by atoms with van der Waals surface area (Å²) in [4.78, 5) is 0. The van der Waals surface area contributed by atoms with Crippen LogP contribution in [0, 0.1) is 35.5 Å². The molecule has 12 unspecified atom stereocenters. The fourth-order valence-corrected chi connectivity index (χ4v) is 7.14. The van der Waals surface area contributed by atoms with E-state index in [1.54, 1.807) is 0 Å². The monoisotopic (exact) mass is 458 g/mol. The summed E-state index contributed by atoms with van der Waals surface area (Å²) in [5, 5.41) is 11.5. The van der Waals surface area contributed by atoms with Crippen molar-refractivity contribution in [1.29, 1.82) is 0 Å². The van der Waals surface area contributed by atoms with Crippen LogP contribution in [-0.2, 0) is 35.0 Å². The van der Waals surface area contributed by atoms with E-state index in [1.165, 1.54) is 0 Å². The molecule has 1 N–H and O–H groups in total. The van der Waals surface area contributed by atoms with Gasteiger partial charge in [-0.25, -0.2) is 0 Å². The fourth-order valence-electron chi connectivity index (χ4n) is 7.14. The molecule has 1 aromatic carbocycles. The highest BCUT2D eigenvalue weighted by Crippen LogP contribution is 2.63. The van der Waals surface area contributed by atoms with Crippen LogP contribution >= 0.6 is 0 Å². The second-order valence-electron chi connectivity index (χ2n) is 11.4. The van der Waals surface area contributed by atoms with Gasteiger partial charge in [-0.2, -0.15) is 0 Å². The number of hydrogen-bond donors (Lipinski definition) is 1. The van der Waals surface area contributed by atoms with Gasteiger partial charge < -0.3 is 33.5 Å². The van der Waals surface area contributed by atoms with E-state index in [1.807, 2.05) is 32.0 Å². The first-order chi connectivity index (χ1) is 15.8. The van der Waals surface area contributed by atoms with E-state index in [0.29, 0.717) is 38.1 Å². The van der Waals surface area contributed by atoms with Crippen LogP contribution in [0.15, 0.2) is 30.3 Å². The standard InChI is InChI=1S/C26H34O7/c1-13-18-21-15(11-29-24(13)31-21)22(18)33-26(27)9-17(26)19-20(28-10-14-7-5-4-6-8-14)16-12-30-25(2,3)32-23(16)19/h4-8,13,15-24,27H,9-12H2,1-3H3. The molecule has 7 rings (SSSR count). The van der Waals surface area contributed by atoms with Crippen molar-refractivity contribution in [3.63, 3.8) is 0 Å². The summed E-state index contributed by atoms with van der Waals surface area (Å²) in [5.74, 6) is -0.636. The lowest BCUT2D eigenvalue weighted by molar-refractivity contribution is -0.367. The maximum Gasteiger partial charge on any atom is 0.169 e. The molecule has 3 aliphatic carbocycles. The van der Waals surface area contributed by atoms with Crippen molar-refractivity contribution in [3.8, 4) is 0 Å². The van der Waals surface area contributed by atoms with E-state index < -0.39 is 11.6 Å². The van der Waals surface area contributed by atoms with Gasteiger partial charge in [-0.1, -0.05) is 37.3 Å². The first-order valence-electron chi connectivity index (χ1n) is 12.5. The smallest absolute Gasteiger partial charge is 0.169 e. The molecule has 0 radical (unpaired) electrons. The topological polar surface area (TPSA) is 75.6 Å². The number of ether oxygens (including phenoxy) is 6. The highest BCUT2D eigenvalue weighted by molar-refractivity contribution is 5.17. The van der Waals surface area contributed by atoms with Gasteiger partial charge in [0, 0.05) is 41.9 Å². The maximum atomic E-state index is 11.5. The summed E-state index contributed by atoms with van der Waals surface area (Å²) in [5.41, 5.74) is 1.14. The molecule has 7 nitrogen and oxygen atoms in total. The largest absolute Gasteiger partial charge is 0.373 e. The van der Waals surface area contributed by atoms with E-state index in [9.17, 15) is 5.11 Å². The first kappa shape index (κ1) is 21.2. The highest BCUT2D eigenvalue weighted by atomic mass is 16.7. The average Bonchev–Trinajstić information content (AvgIpc) is 3.41. The molecule has 33 heavy (non-hydrogen) atoms. The van der Waals surface area contributed by atoms with Crippen molar-refractivity contribution >= 4 is 0 Å². The zero-order valence-electron chi connectivity index (χ0n) is 19.5. The minimum absolute atomic E-state index is 0.000825. The zero-order valence-corrected chi connectivity index (χ0v) is 19.5. The van der Waals surface area contributed by atoms with Crippen LogP contribution in [0.1, 0.15) is 32.8 Å². The van der Waals surface area contributed by atoms with Gasteiger partial charge in [0.1, 0.15) is 0 Å². The molecule has 1 aromatic rings. The van der Waals surface area contributed by atoms with E-state index >= 15 is 0 Å². The van der Waals surface area contributed by atoms with Crippen molar-refractivity contribution < 1.29 is 33.5 Å². The second kappa shape index (κ2) is 7.23. The van der Waals surface area contributed by atoms with Crippen molar-refractivity contribution in [3.05, 3.63) is 35.9 Å². The van der Waals surface area contributed by atoms with Gasteiger partial charge in [0.25, 0.3) is 0 Å². The molecule has 3 aliphatic heterocycles. The quantitative estimate of drug-likeness (QED) is 0.657. The van der Waals surface area contributed by atoms with Crippen LogP contribution in [-0.4, -0.2) is 60.6 Å². The molecule has 2 bridgehead atoms. The predicted molar refractivity (Wildman–Crippen MR) is 116 cm³/mol. The van der Waals surface area contributed by atoms with E-state index in [4.69, 9.17) is 28.4 Å². The van der Waals surface area contributed by atoms with Crippen LogP contribution in [0.25, 0.3) is 0 Å². The Hall–Kier alpha value is -1.06. The molecule has 7 heteroatoms. The molecule has 3 heterocycles. The van der Waals surface area contributed by atoms with Gasteiger partial charge >= 0.3 is 0 Å². The lowest BCUT2D eigenvalue weighted by Gasteiger charge is -2.57. The normalized spacial score (nSPS) is 53.0. The first-order valence-corrected chi connectivity index (χ1v) is 12.5. The highest BCUT2D eigenvalue weighted by Gasteiger charge is 2.73. The maximum absolute atomic E-state index is 11.5. The summed E-state index contributed by atoms with van der Waals surface area (Å²) in [6.45, 7) is 7.90. The summed E-state index contributed by atoms with van der Waals surface area (Å²) < 4.78 is 37.0. The third kappa shape index (κ3) is 3.20. The number of aliphatic hydroxyl groups is 1. The van der Waals surface area contributed by atoms with Gasteiger partial charge in [-0.3, -0.25) is 0 Å². The summed E-state index contributed by atoms with van der Waals surface area (Å²) in [6, 6.07) is 10.2. The van der Waals surface area contributed by atoms with Crippen LogP contribution in [0.4, 0.5) is 0 Å². The van der Waals surface area contributed by atoms with Crippen molar-refractivity contribution in [2.45, 2.75) is 76.1 Å². The molecule has 6 fully saturated rings. The molecular formula is C26H34O7. The van der Waals surface area contributed by atoms with Crippen molar-refractivity contribution in [1.82, 2.24) is 0 Å². The number of rotatable bonds is 6. The number of benzene rings is 1. The third-order valence-corrected chi connectivity index (χ3v) is 9.05. The Kier molecular flexibility index (Phi) is 4.65. The molecule has 12 atom stereocenters. The molecule has 0 amide bonds. The number of fused-ring (bicyclic) bond motifs is 2. The minimum atomic E-state index is -1.12. The fraction of sp³-hybridized carbons (Fsp3) is 0.769. The van der Waals surface area contributed by atoms with Gasteiger partial charge in [0.2, 0.25) is 0 Å². The van der Waals surface area contributed by atoms with Crippen molar-refractivity contribution in [2.75, 3.05) is 13.2 Å². The van der Waals surface area contributed by atoms with Crippen LogP contribution in [0.5, 0.6) is 0 Å².